The first-order chi connectivity index (χ1) is 32.1. The van der Waals surface area contributed by atoms with Crippen molar-refractivity contribution in [3.63, 3.8) is 0 Å². The van der Waals surface area contributed by atoms with Crippen LogP contribution in [0.5, 0.6) is 0 Å². The maximum atomic E-state index is 13.9. The first-order valence-electron chi connectivity index (χ1n) is 19.4. The molecule has 0 fully saturated rings. The fourth-order valence-electron chi connectivity index (χ4n) is 5.22. The SMILES string of the molecule is NC(=O)C(N)NC(=O)C(N=C(N)N)NC(=O)C(N=C(N)N)NC(=O)C(N=C(N)N)NC(=O)C(N=C(N)N)NC(=O)C(NC(=O)C(O)N=Cc1ccc(C=Cc2ccccc2)cc1)c1ccccc1. The van der Waals surface area contributed by atoms with Crippen LogP contribution < -0.4 is 89.2 Å². The van der Waals surface area contributed by atoms with Crippen molar-refractivity contribution >= 4 is 83.6 Å². The Morgan fingerprint density at radius 3 is 1.19 bits per heavy atom. The number of hydrogen-bond donors (Lipinski definition) is 17. The molecule has 27 N–H and O–H groups in total. The van der Waals surface area contributed by atoms with Gasteiger partial charge in [-0.15, -0.1) is 0 Å². The third-order valence-corrected chi connectivity index (χ3v) is 8.31. The van der Waals surface area contributed by atoms with E-state index in [2.05, 4.69) is 40.9 Å². The van der Waals surface area contributed by atoms with E-state index in [9.17, 15) is 38.7 Å². The van der Waals surface area contributed by atoms with E-state index in [0.29, 0.717) is 5.56 Å². The summed E-state index contributed by atoms with van der Waals surface area (Å²) in [6, 6.07) is 22.5. The third kappa shape index (κ3) is 17.9. The van der Waals surface area contributed by atoms with Crippen LogP contribution in [0.4, 0.5) is 0 Å². The summed E-state index contributed by atoms with van der Waals surface area (Å²) in [5, 5.41) is 23.3. The van der Waals surface area contributed by atoms with Crippen molar-refractivity contribution in [1.29, 1.82) is 0 Å². The van der Waals surface area contributed by atoms with Gasteiger partial charge in [-0.05, 0) is 22.3 Å². The second-order valence-electron chi connectivity index (χ2n) is 13.7. The fraction of sp³-hybridized carbons (Fsp3) is 0.179. The lowest BCUT2D eigenvalue weighted by molar-refractivity contribution is -0.136. The van der Waals surface area contributed by atoms with E-state index in [0.717, 1.165) is 11.1 Å². The van der Waals surface area contributed by atoms with Gasteiger partial charge in [0.25, 0.3) is 35.4 Å². The number of nitrogens with two attached hydrogens (primary N) is 10. The lowest BCUT2D eigenvalue weighted by Crippen LogP contribution is -2.60. The Bertz CT molecular complexity index is 2450. The first kappa shape index (κ1) is 52.7. The zero-order valence-corrected chi connectivity index (χ0v) is 35.7. The summed E-state index contributed by atoms with van der Waals surface area (Å²) >= 11 is 0. The van der Waals surface area contributed by atoms with Crippen LogP contribution in [0.1, 0.15) is 28.3 Å². The highest BCUT2D eigenvalue weighted by Gasteiger charge is 2.34. The van der Waals surface area contributed by atoms with Gasteiger partial charge in [-0.25, -0.2) is 20.0 Å². The molecule has 7 amide bonds. The van der Waals surface area contributed by atoms with Crippen LogP contribution in [-0.4, -0.2) is 114 Å². The summed E-state index contributed by atoms with van der Waals surface area (Å²) in [6.07, 6.45) is -7.18. The van der Waals surface area contributed by atoms with E-state index < -0.39 is 108 Å². The Morgan fingerprint density at radius 1 is 0.441 bits per heavy atom. The molecule has 0 radical (unpaired) electrons. The molecule has 0 aliphatic heterocycles. The lowest BCUT2D eigenvalue weighted by Gasteiger charge is -2.24. The van der Waals surface area contributed by atoms with E-state index in [1.807, 2.05) is 58.4 Å². The summed E-state index contributed by atoms with van der Waals surface area (Å²) in [5.74, 6) is -12.0. The largest absolute Gasteiger partial charge is 0.370 e. The summed E-state index contributed by atoms with van der Waals surface area (Å²) in [5.41, 5.74) is 56.7. The number of carbonyl (C=O) groups excluding carboxylic acids is 7. The molecule has 360 valence electrons. The highest BCUT2D eigenvalue weighted by atomic mass is 16.3. The standard InChI is InChI=1S/C39H51N21O8/c40-23(24(41)61)52-30(63)25(57-36(42)43)54-32(65)27(59-38(46)47)56-33(66)28(60-39(48)49)55-31(64)26(58-37(44)45)53-29(62)22(21-9-5-2-6-10-21)51-35(68)34(67)50-17-20-15-13-19(14-16-20)12-11-18-7-3-1-4-8-18/h1-17,22-23,25-28,34,67H,40H2,(H2,41,61)(H,51,68)(H,52,63)(H,53,62)(H,54,65)(H,55,64)(H,56,66)(H4,42,43,57)(H4,44,45,58)(H4,46,47,59)(H4,48,49,60). The zero-order valence-electron chi connectivity index (χ0n) is 35.7. The Balaban J connectivity index is 1.82. The topological polar surface area (TPSA) is 534 Å². The van der Waals surface area contributed by atoms with Gasteiger partial charge in [0.2, 0.25) is 36.8 Å². The highest BCUT2D eigenvalue weighted by Crippen LogP contribution is 2.15. The molecule has 0 aliphatic carbocycles. The first-order valence-corrected chi connectivity index (χ1v) is 19.4. The van der Waals surface area contributed by atoms with Gasteiger partial charge in [-0.3, -0.25) is 38.6 Å². The summed E-state index contributed by atoms with van der Waals surface area (Å²) in [4.78, 5) is 110. The number of carbonyl (C=O) groups is 7. The maximum Gasteiger partial charge on any atom is 0.272 e. The van der Waals surface area contributed by atoms with Gasteiger partial charge in [0.15, 0.2) is 30.0 Å². The molecule has 0 saturated carbocycles. The minimum Gasteiger partial charge on any atom is -0.370 e. The summed E-state index contributed by atoms with van der Waals surface area (Å²) < 4.78 is 0. The maximum absolute atomic E-state index is 13.9. The number of aliphatic hydroxyl groups is 1. The van der Waals surface area contributed by atoms with Crippen LogP contribution in [0.15, 0.2) is 110 Å². The molecule has 68 heavy (non-hydrogen) atoms. The molecule has 3 rings (SSSR count). The summed E-state index contributed by atoms with van der Waals surface area (Å²) in [6.45, 7) is 0. The zero-order chi connectivity index (χ0) is 50.5. The van der Waals surface area contributed by atoms with Crippen LogP contribution in [0.25, 0.3) is 12.2 Å². The predicted molar refractivity (Wildman–Crippen MR) is 249 cm³/mol. The van der Waals surface area contributed by atoms with E-state index >= 15 is 0 Å². The number of aliphatic imine (C=N–C) groups is 5. The van der Waals surface area contributed by atoms with Gasteiger partial charge < -0.3 is 94.3 Å². The van der Waals surface area contributed by atoms with Crippen LogP contribution in [0, 0.1) is 0 Å². The quantitative estimate of drug-likeness (QED) is 0.0192. The number of amides is 7. The second-order valence-corrected chi connectivity index (χ2v) is 13.7. The number of nitrogens with zero attached hydrogens (tertiary/aromatic N) is 5. The number of guanidine groups is 4. The number of hydrogen-bond acceptors (Lipinski definition) is 14. The van der Waals surface area contributed by atoms with Crippen LogP contribution in [0.2, 0.25) is 0 Å². The Hall–Kier alpha value is -9.64. The van der Waals surface area contributed by atoms with E-state index in [1.54, 1.807) is 30.3 Å². The molecule has 0 saturated heterocycles. The average Bonchev–Trinajstić information content (AvgIpc) is 3.28. The molecule has 0 spiro atoms. The third-order valence-electron chi connectivity index (χ3n) is 8.31. The average molecular weight is 942 g/mol. The van der Waals surface area contributed by atoms with Crippen molar-refractivity contribution in [2.75, 3.05) is 0 Å². The fourth-order valence-corrected chi connectivity index (χ4v) is 5.22. The molecule has 7 atom stereocenters. The summed E-state index contributed by atoms with van der Waals surface area (Å²) in [7, 11) is 0. The van der Waals surface area contributed by atoms with Crippen molar-refractivity contribution in [2.45, 2.75) is 43.1 Å². The van der Waals surface area contributed by atoms with Gasteiger partial charge in [0.05, 0.1) is 0 Å². The second kappa shape index (κ2) is 25.6. The molecule has 0 aliphatic rings. The van der Waals surface area contributed by atoms with Crippen molar-refractivity contribution in [1.82, 2.24) is 31.9 Å². The molecule has 29 nitrogen and oxygen atoms in total. The van der Waals surface area contributed by atoms with E-state index in [1.165, 1.54) is 30.5 Å². The van der Waals surface area contributed by atoms with Gasteiger partial charge in [-0.1, -0.05) is 97.1 Å². The Morgan fingerprint density at radius 2 is 0.794 bits per heavy atom. The molecule has 3 aromatic rings. The Labute approximate surface area is 386 Å². The van der Waals surface area contributed by atoms with E-state index in [4.69, 9.17) is 57.3 Å². The minimum absolute atomic E-state index is 0.148. The molecule has 3 aromatic carbocycles. The van der Waals surface area contributed by atoms with Gasteiger partial charge in [0.1, 0.15) is 6.04 Å². The van der Waals surface area contributed by atoms with Gasteiger partial charge in [0, 0.05) is 6.21 Å². The number of primary amides is 1. The number of nitrogens with one attached hydrogen (secondary N) is 6. The molecule has 29 heteroatoms. The predicted octanol–water partition coefficient (Wildman–Crippen LogP) is -7.80. The number of rotatable bonds is 22. The van der Waals surface area contributed by atoms with Crippen molar-refractivity contribution in [2.24, 2.45) is 82.3 Å². The normalized spacial score (nSPS) is 13.9. The van der Waals surface area contributed by atoms with Crippen molar-refractivity contribution in [3.05, 3.63) is 107 Å². The molecule has 0 aromatic heterocycles. The molecule has 0 bridgehead atoms. The molecular weight excluding hydrogens is 891 g/mol. The number of benzene rings is 3. The van der Waals surface area contributed by atoms with Gasteiger partial charge in [-0.2, -0.15) is 0 Å². The van der Waals surface area contributed by atoms with Gasteiger partial charge >= 0.3 is 0 Å². The lowest BCUT2D eigenvalue weighted by atomic mass is 10.1. The smallest absolute Gasteiger partial charge is 0.272 e. The molecule has 0 heterocycles. The van der Waals surface area contributed by atoms with Crippen LogP contribution in [0.3, 0.4) is 0 Å². The Kier molecular flexibility index (Phi) is 19.8. The van der Waals surface area contributed by atoms with Crippen molar-refractivity contribution < 1.29 is 38.7 Å². The highest BCUT2D eigenvalue weighted by molar-refractivity contribution is 5.99. The van der Waals surface area contributed by atoms with Crippen LogP contribution >= 0.6 is 0 Å². The monoisotopic (exact) mass is 941 g/mol. The van der Waals surface area contributed by atoms with Crippen molar-refractivity contribution in [3.8, 4) is 0 Å². The molecular formula is C39H51N21O8. The number of aliphatic hydroxyl groups excluding tert-OH is 1. The minimum atomic E-state index is -2.18. The van der Waals surface area contributed by atoms with Crippen LogP contribution in [-0.2, 0) is 33.6 Å². The molecule has 7 unspecified atom stereocenters. The van der Waals surface area contributed by atoms with E-state index in [-0.39, 0.29) is 5.56 Å².